The zero-order valence-electron chi connectivity index (χ0n) is 12.2. The molecule has 3 N–H and O–H groups in total. The van der Waals surface area contributed by atoms with E-state index in [-0.39, 0.29) is 10.8 Å². The van der Waals surface area contributed by atoms with Crippen LogP contribution in [0.5, 0.6) is 0 Å². The number of piperidine rings is 1. The van der Waals surface area contributed by atoms with Crippen molar-refractivity contribution in [3.8, 4) is 0 Å². The number of hydrogen-bond donors (Lipinski definition) is 2. The van der Waals surface area contributed by atoms with Crippen LogP contribution in [0.4, 0.5) is 5.69 Å². The van der Waals surface area contributed by atoms with Gasteiger partial charge in [-0.1, -0.05) is 15.9 Å². The molecule has 1 unspecified atom stereocenters. The van der Waals surface area contributed by atoms with Crippen LogP contribution in [0.3, 0.4) is 0 Å². The second-order valence-electron chi connectivity index (χ2n) is 5.60. The van der Waals surface area contributed by atoms with Crippen molar-refractivity contribution < 1.29 is 13.5 Å². The van der Waals surface area contributed by atoms with E-state index in [0.717, 1.165) is 0 Å². The molecule has 1 aromatic rings. The summed E-state index contributed by atoms with van der Waals surface area (Å²) in [6, 6.07) is 3.30. The molecule has 2 rings (SSSR count). The summed E-state index contributed by atoms with van der Waals surface area (Å²) >= 11 is 3.30. The van der Waals surface area contributed by atoms with Gasteiger partial charge in [0.15, 0.2) is 0 Å². The number of aliphatic hydroxyl groups excluding tert-OH is 1. The fourth-order valence-electron chi connectivity index (χ4n) is 2.68. The van der Waals surface area contributed by atoms with E-state index < -0.39 is 16.1 Å². The number of rotatable bonds is 3. The Bertz CT molecular complexity index is 623. The van der Waals surface area contributed by atoms with Crippen LogP contribution in [0.2, 0.25) is 0 Å². The molecule has 0 radical (unpaired) electrons. The van der Waals surface area contributed by atoms with Crippen LogP contribution in [-0.4, -0.2) is 37.0 Å². The Morgan fingerprint density at radius 2 is 1.95 bits per heavy atom. The molecule has 1 aliphatic heterocycles. The first kappa shape index (κ1) is 16.7. The molecule has 118 valence electrons. The second kappa shape index (κ2) is 6.24. The molecular weight excluding hydrogens is 356 g/mol. The summed E-state index contributed by atoms with van der Waals surface area (Å²) in [7, 11) is -3.55. The first-order valence-corrected chi connectivity index (χ1v) is 9.20. The Kier molecular flexibility index (Phi) is 4.97. The van der Waals surface area contributed by atoms with Crippen LogP contribution in [0.15, 0.2) is 21.5 Å². The molecule has 0 amide bonds. The van der Waals surface area contributed by atoms with Crippen molar-refractivity contribution in [2.75, 3.05) is 18.8 Å². The first-order valence-electron chi connectivity index (χ1n) is 6.97. The van der Waals surface area contributed by atoms with Gasteiger partial charge in [0.05, 0.1) is 11.0 Å². The second-order valence-corrected chi connectivity index (χ2v) is 8.42. The fourth-order valence-corrected chi connectivity index (χ4v) is 5.06. The maximum absolute atomic E-state index is 12.8. The summed E-state index contributed by atoms with van der Waals surface area (Å²) in [5, 5.41) is 9.61. The van der Waals surface area contributed by atoms with E-state index in [0.29, 0.717) is 41.7 Å². The van der Waals surface area contributed by atoms with Gasteiger partial charge in [0.25, 0.3) is 0 Å². The van der Waals surface area contributed by atoms with E-state index in [1.807, 2.05) is 0 Å². The first-order chi connectivity index (χ1) is 9.73. The lowest BCUT2D eigenvalue weighted by atomic mass is 9.93. The van der Waals surface area contributed by atoms with Crippen LogP contribution in [0, 0.1) is 12.8 Å². The monoisotopic (exact) mass is 376 g/mol. The van der Waals surface area contributed by atoms with Gasteiger partial charge < -0.3 is 10.8 Å². The van der Waals surface area contributed by atoms with Crippen molar-refractivity contribution in [2.45, 2.75) is 37.7 Å². The Hall–Kier alpha value is -0.630. The third-order valence-electron chi connectivity index (χ3n) is 4.16. The van der Waals surface area contributed by atoms with Crippen molar-refractivity contribution >= 4 is 31.6 Å². The zero-order valence-corrected chi connectivity index (χ0v) is 14.6. The minimum absolute atomic E-state index is 0.171. The van der Waals surface area contributed by atoms with E-state index in [1.165, 1.54) is 4.31 Å². The van der Waals surface area contributed by atoms with Crippen LogP contribution < -0.4 is 5.73 Å². The van der Waals surface area contributed by atoms with Gasteiger partial charge in [-0.2, -0.15) is 4.31 Å². The molecule has 0 aromatic heterocycles. The molecule has 0 bridgehead atoms. The molecule has 1 heterocycles. The number of sulfonamides is 1. The number of aliphatic hydroxyl groups is 1. The molecular formula is C14H21BrN2O3S. The maximum Gasteiger partial charge on any atom is 0.243 e. The SMILES string of the molecule is Cc1c(N)cc(Br)cc1S(=O)(=O)N1CCC(C(C)O)CC1. The van der Waals surface area contributed by atoms with E-state index in [9.17, 15) is 13.5 Å². The number of nitrogens with two attached hydrogens (primary N) is 1. The largest absolute Gasteiger partial charge is 0.398 e. The number of nitrogen functional groups attached to an aromatic ring is 1. The Morgan fingerprint density at radius 1 is 1.38 bits per heavy atom. The van der Waals surface area contributed by atoms with Crippen LogP contribution >= 0.6 is 15.9 Å². The highest BCUT2D eigenvalue weighted by molar-refractivity contribution is 9.10. The third-order valence-corrected chi connectivity index (χ3v) is 6.65. The summed E-state index contributed by atoms with van der Waals surface area (Å²) in [6.45, 7) is 4.35. The minimum atomic E-state index is -3.55. The van der Waals surface area contributed by atoms with Crippen molar-refractivity contribution in [2.24, 2.45) is 5.92 Å². The van der Waals surface area contributed by atoms with E-state index in [1.54, 1.807) is 26.0 Å². The quantitative estimate of drug-likeness (QED) is 0.791. The molecule has 1 saturated heterocycles. The summed E-state index contributed by atoms with van der Waals surface area (Å²) < 4.78 is 27.7. The van der Waals surface area contributed by atoms with E-state index >= 15 is 0 Å². The van der Waals surface area contributed by atoms with E-state index in [4.69, 9.17) is 5.73 Å². The van der Waals surface area contributed by atoms with Gasteiger partial charge in [-0.15, -0.1) is 0 Å². The van der Waals surface area contributed by atoms with Gasteiger partial charge in [-0.3, -0.25) is 0 Å². The topological polar surface area (TPSA) is 83.6 Å². The number of hydrogen-bond acceptors (Lipinski definition) is 4. The zero-order chi connectivity index (χ0) is 15.8. The number of anilines is 1. The highest BCUT2D eigenvalue weighted by atomic mass is 79.9. The van der Waals surface area contributed by atoms with E-state index in [2.05, 4.69) is 15.9 Å². The maximum atomic E-state index is 12.8. The lowest BCUT2D eigenvalue weighted by molar-refractivity contribution is 0.0912. The van der Waals surface area contributed by atoms with Gasteiger partial charge in [0.1, 0.15) is 0 Å². The summed E-state index contributed by atoms with van der Waals surface area (Å²) in [5.74, 6) is 0.171. The van der Waals surface area contributed by atoms with Crippen molar-refractivity contribution in [1.82, 2.24) is 4.31 Å². The van der Waals surface area contributed by atoms with Gasteiger partial charge in [-0.25, -0.2) is 8.42 Å². The number of nitrogens with zero attached hydrogens (tertiary/aromatic N) is 1. The third kappa shape index (κ3) is 3.41. The van der Waals surface area contributed by atoms with Gasteiger partial charge in [0.2, 0.25) is 10.0 Å². The normalized spacial score (nSPS) is 19.6. The van der Waals surface area contributed by atoms with Crippen LogP contribution in [0.25, 0.3) is 0 Å². The molecule has 7 heteroatoms. The van der Waals surface area contributed by atoms with Crippen molar-refractivity contribution in [1.29, 1.82) is 0 Å². The van der Waals surface area contributed by atoms with Gasteiger partial charge in [0, 0.05) is 23.2 Å². The molecule has 0 aliphatic carbocycles. The fraction of sp³-hybridized carbons (Fsp3) is 0.571. The summed E-state index contributed by atoms with van der Waals surface area (Å²) in [5.41, 5.74) is 6.90. The molecule has 5 nitrogen and oxygen atoms in total. The molecule has 0 spiro atoms. The highest BCUT2D eigenvalue weighted by Crippen LogP contribution is 2.31. The van der Waals surface area contributed by atoms with Crippen molar-refractivity contribution in [3.05, 3.63) is 22.2 Å². The Labute approximate surface area is 134 Å². The number of benzene rings is 1. The van der Waals surface area contributed by atoms with Crippen molar-refractivity contribution in [3.63, 3.8) is 0 Å². The van der Waals surface area contributed by atoms with Gasteiger partial charge in [-0.05, 0) is 50.3 Å². The summed E-state index contributed by atoms with van der Waals surface area (Å²) in [6.07, 6.45) is 0.969. The predicted molar refractivity (Wildman–Crippen MR) is 86.5 cm³/mol. The van der Waals surface area contributed by atoms with Gasteiger partial charge >= 0.3 is 0 Å². The Balaban J connectivity index is 2.28. The molecule has 1 atom stereocenters. The predicted octanol–water partition coefficient (Wildman–Crippen LogP) is 2.12. The standard InChI is InChI=1S/C14H21BrN2O3S/c1-9-13(16)7-12(15)8-14(9)21(19,20)17-5-3-11(4-6-17)10(2)18/h7-8,10-11,18H,3-6,16H2,1-2H3. The molecule has 0 saturated carbocycles. The smallest absolute Gasteiger partial charge is 0.243 e. The lowest BCUT2D eigenvalue weighted by Gasteiger charge is -2.32. The van der Waals surface area contributed by atoms with Crippen LogP contribution in [-0.2, 0) is 10.0 Å². The average molecular weight is 377 g/mol. The molecule has 1 aliphatic rings. The summed E-state index contributed by atoms with van der Waals surface area (Å²) in [4.78, 5) is 0.255. The lowest BCUT2D eigenvalue weighted by Crippen LogP contribution is -2.40. The molecule has 21 heavy (non-hydrogen) atoms. The average Bonchev–Trinajstić information content (AvgIpc) is 2.42. The Morgan fingerprint density at radius 3 is 2.48 bits per heavy atom. The minimum Gasteiger partial charge on any atom is -0.398 e. The number of halogens is 1. The molecule has 1 fully saturated rings. The highest BCUT2D eigenvalue weighted by Gasteiger charge is 2.32. The molecule has 1 aromatic carbocycles. The van der Waals surface area contributed by atoms with Crippen LogP contribution in [0.1, 0.15) is 25.3 Å².